The second kappa shape index (κ2) is 16.7. The van der Waals surface area contributed by atoms with Crippen LogP contribution in [0.15, 0.2) is 22.6 Å². The second-order valence-corrected chi connectivity index (χ2v) is 13.7. The van der Waals surface area contributed by atoms with Crippen molar-refractivity contribution >= 4 is 30.0 Å². The highest BCUT2D eigenvalue weighted by Gasteiger charge is 2.40. The lowest BCUT2D eigenvalue weighted by atomic mass is 10.1. The van der Waals surface area contributed by atoms with Gasteiger partial charge in [-0.15, -0.1) is 0 Å². The van der Waals surface area contributed by atoms with Gasteiger partial charge in [-0.1, -0.05) is 0 Å². The number of oxazole rings is 1. The molecule has 0 saturated carbocycles. The van der Waals surface area contributed by atoms with E-state index in [4.69, 9.17) is 29.5 Å². The van der Waals surface area contributed by atoms with E-state index in [1.165, 1.54) is 30.0 Å². The van der Waals surface area contributed by atoms with Gasteiger partial charge in [-0.3, -0.25) is 14.4 Å². The predicted molar refractivity (Wildman–Crippen MR) is 175 cm³/mol. The molecule has 51 heavy (non-hydrogen) atoms. The minimum absolute atomic E-state index is 0.00501. The molecule has 3 rings (SSSR count). The molecule has 16 nitrogen and oxygen atoms in total. The van der Waals surface area contributed by atoms with E-state index in [0.717, 1.165) is 4.90 Å². The number of unbranched alkanes of at least 4 members (excludes halogenated alkanes) is 1. The highest BCUT2D eigenvalue weighted by Crippen LogP contribution is 2.36. The van der Waals surface area contributed by atoms with E-state index < -0.39 is 59.9 Å². The smallest absolute Gasteiger partial charge is 0.410 e. The summed E-state index contributed by atoms with van der Waals surface area (Å²) < 4.78 is 53.4. The Hall–Kier alpha value is -5.16. The molecular weight excluding hydrogens is 680 g/mol. The quantitative estimate of drug-likeness (QED) is 0.240. The lowest BCUT2D eigenvalue weighted by molar-refractivity contribution is -0.137. The number of nitrogens with two attached hydrogens (primary N) is 1. The Morgan fingerprint density at radius 1 is 1.04 bits per heavy atom. The molecule has 1 aromatic carbocycles. The first-order valence-corrected chi connectivity index (χ1v) is 16.2. The summed E-state index contributed by atoms with van der Waals surface area (Å²) in [6, 6.07) is 1.49. The number of nitrogens with one attached hydrogen (secondary N) is 1. The average Bonchev–Trinajstić information content (AvgIpc) is 3.44. The minimum Gasteiger partial charge on any atom is -0.490 e. The molecule has 4 amide bonds. The summed E-state index contributed by atoms with van der Waals surface area (Å²) in [4.78, 5) is 69.8. The number of carboxylic acids is 1. The van der Waals surface area contributed by atoms with Gasteiger partial charge in [-0.05, 0) is 79.5 Å². The van der Waals surface area contributed by atoms with E-state index in [1.807, 2.05) is 0 Å². The summed E-state index contributed by atoms with van der Waals surface area (Å²) >= 11 is 0. The lowest BCUT2D eigenvalue weighted by Crippen LogP contribution is -2.61. The minimum atomic E-state index is -3.18. The van der Waals surface area contributed by atoms with E-state index in [9.17, 15) is 32.8 Å². The first kappa shape index (κ1) is 40.3. The molecule has 0 aliphatic carbocycles. The maximum absolute atomic E-state index is 14.1. The number of alkyl carbamates (subject to hydrolysis) is 1. The molecule has 2 atom stereocenters. The third kappa shape index (κ3) is 12.0. The van der Waals surface area contributed by atoms with Crippen LogP contribution in [0.25, 0.3) is 11.5 Å². The molecule has 4 N–H and O–H groups in total. The number of halogens is 2. The van der Waals surface area contributed by atoms with Gasteiger partial charge in [0.1, 0.15) is 17.2 Å². The fourth-order valence-corrected chi connectivity index (χ4v) is 4.86. The normalized spacial score (nSPS) is 15.6. The maximum Gasteiger partial charge on any atom is 0.410 e. The van der Waals surface area contributed by atoms with Crippen molar-refractivity contribution in [1.29, 1.82) is 0 Å². The highest BCUT2D eigenvalue weighted by molar-refractivity contribution is 5.97. The first-order valence-electron chi connectivity index (χ1n) is 16.2. The number of hydrogen-bond acceptors (Lipinski definition) is 11. The second-order valence-electron chi connectivity index (χ2n) is 13.7. The van der Waals surface area contributed by atoms with Gasteiger partial charge in [0.2, 0.25) is 11.8 Å². The van der Waals surface area contributed by atoms with Crippen LogP contribution in [0.5, 0.6) is 11.5 Å². The molecular formula is C33H45F2N5O11. The van der Waals surface area contributed by atoms with Gasteiger partial charge in [0, 0.05) is 25.1 Å². The van der Waals surface area contributed by atoms with Crippen molar-refractivity contribution in [2.45, 2.75) is 97.6 Å². The van der Waals surface area contributed by atoms with Crippen molar-refractivity contribution in [2.24, 2.45) is 5.73 Å². The number of rotatable bonds is 13. The van der Waals surface area contributed by atoms with Crippen LogP contribution < -0.4 is 20.5 Å². The van der Waals surface area contributed by atoms with E-state index in [2.05, 4.69) is 15.0 Å². The zero-order valence-corrected chi connectivity index (χ0v) is 29.6. The summed E-state index contributed by atoms with van der Waals surface area (Å²) in [5.74, 6) is -3.48. The van der Waals surface area contributed by atoms with Crippen molar-refractivity contribution in [3.63, 3.8) is 0 Å². The molecule has 0 bridgehead atoms. The number of aromatic nitrogens is 1. The molecule has 18 heteroatoms. The number of primary amides is 1. The van der Waals surface area contributed by atoms with Crippen LogP contribution in [0.3, 0.4) is 0 Å². The van der Waals surface area contributed by atoms with Crippen LogP contribution in [-0.2, 0) is 19.1 Å². The molecule has 282 valence electrons. The van der Waals surface area contributed by atoms with Gasteiger partial charge in [-0.2, -0.15) is 8.78 Å². The predicted octanol–water partition coefficient (Wildman–Crippen LogP) is 4.71. The summed E-state index contributed by atoms with van der Waals surface area (Å²) in [5.41, 5.74) is 3.86. The number of nitrogens with zero attached hydrogens (tertiary/aromatic N) is 3. The van der Waals surface area contributed by atoms with Gasteiger partial charge in [0.15, 0.2) is 23.0 Å². The molecule has 2 aromatic rings. The number of aliphatic carboxylic acids is 1. The molecule has 1 fully saturated rings. The average molecular weight is 726 g/mol. The van der Waals surface area contributed by atoms with Crippen LogP contribution >= 0.6 is 0 Å². The van der Waals surface area contributed by atoms with Crippen molar-refractivity contribution in [3.05, 3.63) is 29.7 Å². The number of piperazine rings is 1. The van der Waals surface area contributed by atoms with E-state index in [0.29, 0.717) is 6.42 Å². The topological polar surface area (TPSA) is 213 Å². The number of ether oxygens (including phenoxy) is 4. The number of alkyl halides is 2. The van der Waals surface area contributed by atoms with Gasteiger partial charge >= 0.3 is 24.8 Å². The Morgan fingerprint density at radius 2 is 1.71 bits per heavy atom. The molecule has 1 aliphatic heterocycles. The van der Waals surface area contributed by atoms with Crippen LogP contribution in [0.2, 0.25) is 0 Å². The molecule has 1 unspecified atom stereocenters. The fraction of sp³-hybridized carbons (Fsp3) is 0.576. The first-order chi connectivity index (χ1) is 23.6. The SMILES string of the molecule is C[C@H](NC(=O)OC(C)(C)C)c1oc(-c2ccc(OC(F)F)c(OCCCCC(=O)O)c2)nc1C(=O)N1CCN(C(=O)OC(C)(C)C)CC1C(N)=O. The maximum atomic E-state index is 14.1. The Morgan fingerprint density at radius 3 is 2.29 bits per heavy atom. The number of carbonyl (C=O) groups excluding carboxylic acids is 4. The third-order valence-electron chi connectivity index (χ3n) is 7.05. The fourth-order valence-electron chi connectivity index (χ4n) is 4.86. The lowest BCUT2D eigenvalue weighted by Gasteiger charge is -2.39. The van der Waals surface area contributed by atoms with Gasteiger partial charge in [0.25, 0.3) is 5.91 Å². The van der Waals surface area contributed by atoms with Crippen LogP contribution in [0.4, 0.5) is 18.4 Å². The molecule has 0 radical (unpaired) electrons. The van der Waals surface area contributed by atoms with Gasteiger partial charge < -0.3 is 49.3 Å². The molecule has 1 aromatic heterocycles. The standard InChI is InChI=1S/C33H45F2N5O11/c1-18(37-30(45)50-32(2,3)4)25-24(28(44)40-14-13-39(17-20(40)26(36)43)31(46)51-33(5,6)7)38-27(49-25)19-11-12-21(48-29(34)35)22(16-19)47-15-9-8-10-23(41)42/h11-12,16,18,20,29H,8-10,13-15,17H2,1-7H3,(H2,36,43)(H,37,45)(H,41,42)/t18-,20?/m0/s1. The van der Waals surface area contributed by atoms with Crippen LogP contribution in [0.1, 0.15) is 90.0 Å². The Kier molecular flexibility index (Phi) is 13.2. The molecule has 1 saturated heterocycles. The summed E-state index contributed by atoms with van der Waals surface area (Å²) in [5, 5.41) is 11.5. The van der Waals surface area contributed by atoms with E-state index in [1.54, 1.807) is 41.5 Å². The van der Waals surface area contributed by atoms with E-state index >= 15 is 0 Å². The van der Waals surface area contributed by atoms with Gasteiger partial charge in [0.05, 0.1) is 19.2 Å². The van der Waals surface area contributed by atoms with Crippen molar-refractivity contribution < 1.29 is 61.2 Å². The monoisotopic (exact) mass is 725 g/mol. The largest absolute Gasteiger partial charge is 0.490 e. The highest BCUT2D eigenvalue weighted by atomic mass is 19.3. The number of hydrogen-bond donors (Lipinski definition) is 3. The number of amides is 4. The van der Waals surface area contributed by atoms with Gasteiger partial charge in [-0.25, -0.2) is 14.6 Å². The Labute approximate surface area is 293 Å². The Bertz CT molecular complexity index is 1590. The molecule has 2 heterocycles. The van der Waals surface area contributed by atoms with Crippen molar-refractivity contribution in [3.8, 4) is 23.0 Å². The summed E-state index contributed by atoms with van der Waals surface area (Å²) in [6.45, 7) is 7.91. The van der Waals surface area contributed by atoms with Crippen LogP contribution in [-0.4, -0.2) is 100.0 Å². The molecule has 0 spiro atoms. The third-order valence-corrected chi connectivity index (χ3v) is 7.05. The Balaban J connectivity index is 2.02. The zero-order valence-electron chi connectivity index (χ0n) is 29.6. The number of carboxylic acid groups (broad SMARTS) is 1. The summed E-state index contributed by atoms with van der Waals surface area (Å²) in [6.07, 6.45) is -1.07. The van der Waals surface area contributed by atoms with Crippen molar-refractivity contribution in [2.75, 3.05) is 26.2 Å². The van der Waals surface area contributed by atoms with Crippen LogP contribution in [0, 0.1) is 0 Å². The van der Waals surface area contributed by atoms with Crippen molar-refractivity contribution in [1.82, 2.24) is 20.1 Å². The molecule has 1 aliphatic rings. The zero-order chi connectivity index (χ0) is 38.3. The summed E-state index contributed by atoms with van der Waals surface area (Å²) in [7, 11) is 0. The number of benzene rings is 1. The van der Waals surface area contributed by atoms with E-state index in [-0.39, 0.29) is 73.5 Å². The number of carbonyl (C=O) groups is 5.